The van der Waals surface area contributed by atoms with Gasteiger partial charge >= 0.3 is 6.18 Å². The van der Waals surface area contributed by atoms with Gasteiger partial charge in [-0.25, -0.2) is 34.3 Å². The van der Waals surface area contributed by atoms with Gasteiger partial charge in [0.05, 0.1) is 23.9 Å². The Morgan fingerprint density at radius 1 is 1.13 bits per heavy atom. The Morgan fingerprint density at radius 2 is 1.95 bits per heavy atom. The van der Waals surface area contributed by atoms with E-state index in [1.807, 2.05) is 0 Å². The minimum atomic E-state index is -4.62. The van der Waals surface area contributed by atoms with Gasteiger partial charge in [0, 0.05) is 25.7 Å². The molecular formula is C25H20F4N8OS. The number of alkyl halides is 3. The van der Waals surface area contributed by atoms with Crippen LogP contribution in [0.2, 0.25) is 0 Å². The van der Waals surface area contributed by atoms with Crippen molar-refractivity contribution in [3.8, 4) is 28.7 Å². The molecule has 1 saturated carbocycles. The predicted octanol–water partition coefficient (Wildman–Crippen LogP) is 5.60. The number of halogens is 4. The fourth-order valence-corrected chi connectivity index (χ4v) is 4.96. The number of aryl methyl sites for hydroxylation is 1. The lowest BCUT2D eigenvalue weighted by Gasteiger charge is -2.13. The van der Waals surface area contributed by atoms with E-state index in [9.17, 15) is 13.2 Å². The zero-order chi connectivity index (χ0) is 27.3. The van der Waals surface area contributed by atoms with Crippen LogP contribution < -0.4 is 10.1 Å². The molecule has 0 unspecified atom stereocenters. The number of nitrogens with one attached hydrogen (secondary N) is 1. The second kappa shape index (κ2) is 9.52. The third-order valence-corrected chi connectivity index (χ3v) is 7.04. The molecule has 0 spiro atoms. The van der Waals surface area contributed by atoms with Crippen LogP contribution in [0.4, 0.5) is 23.4 Å². The number of benzene rings is 1. The third-order valence-electron chi connectivity index (χ3n) is 6.32. The van der Waals surface area contributed by atoms with E-state index < -0.39 is 17.7 Å². The smallest absolute Gasteiger partial charge is 0.434 e. The zero-order valence-electron chi connectivity index (χ0n) is 20.6. The summed E-state index contributed by atoms with van der Waals surface area (Å²) in [6, 6.07) is 4.28. The normalized spacial score (nSPS) is 13.7. The molecule has 0 saturated heterocycles. The predicted molar refractivity (Wildman–Crippen MR) is 136 cm³/mol. The molecule has 1 aliphatic carbocycles. The summed E-state index contributed by atoms with van der Waals surface area (Å²) in [6.07, 6.45) is -0.301. The number of hydrogen-bond donors (Lipinski definition) is 1. The van der Waals surface area contributed by atoms with Crippen LogP contribution in [-0.4, -0.2) is 41.6 Å². The van der Waals surface area contributed by atoms with Crippen molar-refractivity contribution >= 4 is 27.5 Å². The second-order valence-corrected chi connectivity index (χ2v) is 9.88. The van der Waals surface area contributed by atoms with Crippen molar-refractivity contribution in [3.63, 3.8) is 0 Å². The number of nitrogens with zero attached hydrogens (tertiary/aromatic N) is 7. The molecule has 0 radical (unpaired) electrons. The number of ether oxygens (including phenoxy) is 1. The SMILES string of the molecule is COc1ncnc(C2CC2)c1-c1nc(NCc2ccc(-c3nc(C(F)(F)F)cn3C)c(F)c2)c2ncsc2n1. The van der Waals surface area contributed by atoms with E-state index in [1.165, 1.54) is 44.0 Å². The van der Waals surface area contributed by atoms with Crippen LogP contribution in [0.1, 0.15) is 35.7 Å². The Kier molecular flexibility index (Phi) is 6.13. The van der Waals surface area contributed by atoms with Gasteiger partial charge in [0.15, 0.2) is 17.3 Å². The number of methoxy groups -OCH3 is 1. The summed E-state index contributed by atoms with van der Waals surface area (Å²) in [6.45, 7) is 0.173. The van der Waals surface area contributed by atoms with Crippen molar-refractivity contribution in [2.45, 2.75) is 31.5 Å². The van der Waals surface area contributed by atoms with E-state index in [-0.39, 0.29) is 17.9 Å². The number of rotatable bonds is 7. The number of thiazole rings is 1. The minimum absolute atomic E-state index is 0.0354. The highest BCUT2D eigenvalue weighted by Crippen LogP contribution is 2.45. The highest BCUT2D eigenvalue weighted by molar-refractivity contribution is 7.16. The molecule has 4 aromatic heterocycles. The van der Waals surface area contributed by atoms with Gasteiger partial charge in [-0.1, -0.05) is 6.07 Å². The maximum absolute atomic E-state index is 15.0. The Bertz CT molecular complexity index is 1700. The van der Waals surface area contributed by atoms with Crippen LogP contribution in [0.25, 0.3) is 33.1 Å². The zero-order valence-corrected chi connectivity index (χ0v) is 21.4. The molecule has 5 aromatic rings. The number of imidazole rings is 1. The molecule has 1 N–H and O–H groups in total. The van der Waals surface area contributed by atoms with E-state index in [0.717, 1.165) is 29.3 Å². The Labute approximate surface area is 223 Å². The first-order chi connectivity index (χ1) is 18.7. The van der Waals surface area contributed by atoms with Crippen molar-refractivity contribution in [1.82, 2.24) is 34.5 Å². The lowest BCUT2D eigenvalue weighted by molar-refractivity contribution is -0.140. The monoisotopic (exact) mass is 556 g/mol. The standard InChI is InChI=1S/C25H20F4N8OS/c1-37-9-16(25(27,28)29)34-22(37)14-6-3-12(7-15(14)26)8-30-21-19-24(39-11-33-19)36-20(35-21)17-18(13-4-5-13)31-10-32-23(17)38-2/h3,6-7,9-11,13H,4-5,8H2,1-2H3,(H,30,35,36). The van der Waals surface area contributed by atoms with Crippen molar-refractivity contribution in [1.29, 1.82) is 0 Å². The van der Waals surface area contributed by atoms with E-state index >= 15 is 4.39 Å². The van der Waals surface area contributed by atoms with Crippen molar-refractivity contribution < 1.29 is 22.3 Å². The lowest BCUT2D eigenvalue weighted by Crippen LogP contribution is -2.07. The maximum Gasteiger partial charge on any atom is 0.434 e. The molecule has 0 amide bonds. The van der Waals surface area contributed by atoms with Gasteiger partial charge in [-0.05, 0) is 30.5 Å². The topological polar surface area (TPSA) is 104 Å². The van der Waals surface area contributed by atoms with Gasteiger partial charge in [0.25, 0.3) is 0 Å². The molecule has 200 valence electrons. The second-order valence-electron chi connectivity index (χ2n) is 9.05. The third kappa shape index (κ3) is 4.75. The van der Waals surface area contributed by atoms with Crippen LogP contribution in [0.3, 0.4) is 0 Å². The average molecular weight is 557 g/mol. The van der Waals surface area contributed by atoms with Crippen LogP contribution >= 0.6 is 11.3 Å². The number of fused-ring (bicyclic) bond motifs is 1. The van der Waals surface area contributed by atoms with Gasteiger partial charge in [0.1, 0.15) is 33.9 Å². The van der Waals surface area contributed by atoms with E-state index in [1.54, 1.807) is 11.6 Å². The fraction of sp³-hybridized carbons (Fsp3) is 0.280. The van der Waals surface area contributed by atoms with Gasteiger partial charge in [-0.3, -0.25) is 0 Å². The molecule has 1 fully saturated rings. The molecule has 9 nitrogen and oxygen atoms in total. The fourth-order valence-electron chi connectivity index (χ4n) is 4.30. The molecular weight excluding hydrogens is 536 g/mol. The summed E-state index contributed by atoms with van der Waals surface area (Å²) in [7, 11) is 2.92. The first-order valence-electron chi connectivity index (χ1n) is 11.9. The van der Waals surface area contributed by atoms with Crippen LogP contribution in [0, 0.1) is 5.82 Å². The Balaban J connectivity index is 1.31. The van der Waals surface area contributed by atoms with E-state index in [4.69, 9.17) is 9.72 Å². The molecule has 39 heavy (non-hydrogen) atoms. The Morgan fingerprint density at radius 3 is 2.64 bits per heavy atom. The summed E-state index contributed by atoms with van der Waals surface area (Å²) in [5.74, 6) is 0.690. The molecule has 0 atom stereocenters. The maximum atomic E-state index is 15.0. The summed E-state index contributed by atoms with van der Waals surface area (Å²) in [5, 5.41) is 3.20. The van der Waals surface area contributed by atoms with Gasteiger partial charge in [-0.2, -0.15) is 13.2 Å². The van der Waals surface area contributed by atoms with Crippen molar-refractivity contribution in [3.05, 3.63) is 59.0 Å². The first kappa shape index (κ1) is 25.1. The van der Waals surface area contributed by atoms with Crippen molar-refractivity contribution in [2.24, 2.45) is 7.05 Å². The molecule has 1 aromatic carbocycles. The average Bonchev–Trinajstić information content (AvgIpc) is 3.51. The van der Waals surface area contributed by atoms with Crippen LogP contribution in [0.5, 0.6) is 5.88 Å². The minimum Gasteiger partial charge on any atom is -0.480 e. The first-order valence-corrected chi connectivity index (χ1v) is 12.7. The number of hydrogen-bond acceptors (Lipinski definition) is 9. The Hall–Kier alpha value is -4.20. The summed E-state index contributed by atoms with van der Waals surface area (Å²) >= 11 is 1.35. The van der Waals surface area contributed by atoms with Crippen LogP contribution in [-0.2, 0) is 19.8 Å². The molecule has 0 bridgehead atoms. The quantitative estimate of drug-likeness (QED) is 0.259. The van der Waals surface area contributed by atoms with Crippen LogP contribution in [0.15, 0.2) is 36.2 Å². The van der Waals surface area contributed by atoms with E-state index in [2.05, 4.69) is 30.2 Å². The highest BCUT2D eigenvalue weighted by atomic mass is 32.1. The molecule has 1 aliphatic rings. The van der Waals surface area contributed by atoms with Gasteiger partial charge in [0.2, 0.25) is 5.88 Å². The summed E-state index contributed by atoms with van der Waals surface area (Å²) in [5.41, 5.74) is 3.10. The summed E-state index contributed by atoms with van der Waals surface area (Å²) in [4.78, 5) is 26.7. The molecule has 0 aliphatic heterocycles. The van der Waals surface area contributed by atoms with Gasteiger partial charge in [-0.15, -0.1) is 11.3 Å². The molecule has 4 heterocycles. The highest BCUT2D eigenvalue weighted by Gasteiger charge is 2.35. The lowest BCUT2D eigenvalue weighted by atomic mass is 10.1. The van der Waals surface area contributed by atoms with Gasteiger partial charge < -0.3 is 14.6 Å². The largest absolute Gasteiger partial charge is 0.480 e. The molecule has 6 rings (SSSR count). The van der Waals surface area contributed by atoms with Crippen molar-refractivity contribution in [2.75, 3.05) is 12.4 Å². The summed E-state index contributed by atoms with van der Waals surface area (Å²) < 4.78 is 60.8. The molecule has 14 heteroatoms. The number of aromatic nitrogens is 7. The number of anilines is 1. The van der Waals surface area contributed by atoms with E-state index in [0.29, 0.717) is 44.9 Å².